The monoisotopic (exact) mass is 484 g/mol. The molecule has 3 heterocycles. The smallest absolute Gasteiger partial charge is 0.292 e. The van der Waals surface area contributed by atoms with Gasteiger partial charge in [0.15, 0.2) is 17.3 Å². The van der Waals surface area contributed by atoms with Crippen LogP contribution >= 0.6 is 0 Å². The quantitative estimate of drug-likeness (QED) is 0.292. The van der Waals surface area contributed by atoms with Crippen molar-refractivity contribution in [2.45, 2.75) is 26.8 Å². The molecule has 0 aliphatic carbocycles. The molecule has 8 heteroatoms. The summed E-state index contributed by atoms with van der Waals surface area (Å²) in [6, 6.07) is 17.1. The number of methoxy groups -OCH3 is 2. The summed E-state index contributed by atoms with van der Waals surface area (Å²) in [4.78, 5) is 21.3. The van der Waals surface area contributed by atoms with Crippen molar-refractivity contribution in [3.8, 4) is 22.9 Å². The second kappa shape index (κ2) is 9.65. The van der Waals surface area contributed by atoms with E-state index in [1.165, 1.54) is 6.26 Å². The Bertz CT molecular complexity index is 1500. The number of fused-ring (bicyclic) bond motifs is 1. The van der Waals surface area contributed by atoms with Gasteiger partial charge in [0.2, 0.25) is 0 Å². The third-order valence-corrected chi connectivity index (χ3v) is 6.50. The van der Waals surface area contributed by atoms with Crippen molar-refractivity contribution in [1.82, 2.24) is 14.5 Å². The molecule has 3 aromatic heterocycles. The Morgan fingerprint density at radius 1 is 1.06 bits per heavy atom. The number of aryl methyl sites for hydroxylation is 1. The van der Waals surface area contributed by atoms with E-state index in [-0.39, 0.29) is 11.7 Å². The second-order valence-corrected chi connectivity index (χ2v) is 8.56. The zero-order valence-electron chi connectivity index (χ0n) is 20.7. The fourth-order valence-electron chi connectivity index (χ4n) is 4.49. The van der Waals surface area contributed by atoms with E-state index in [0.29, 0.717) is 29.7 Å². The third kappa shape index (κ3) is 4.22. The molecule has 184 valence electrons. The van der Waals surface area contributed by atoms with Crippen LogP contribution in [-0.4, -0.2) is 34.7 Å². The average Bonchev–Trinajstić information content (AvgIpc) is 3.62. The molecule has 0 fully saturated rings. The van der Waals surface area contributed by atoms with Crippen molar-refractivity contribution < 1.29 is 18.7 Å². The number of H-pyrrole nitrogens is 1. The number of carbonyl (C=O) groups is 1. The molecule has 5 rings (SSSR count). The van der Waals surface area contributed by atoms with Crippen LogP contribution in [0, 0.1) is 13.8 Å². The number of nitrogens with zero attached hydrogens (tertiary/aromatic N) is 2. The van der Waals surface area contributed by atoms with Crippen molar-refractivity contribution in [2.75, 3.05) is 19.5 Å². The normalized spacial score (nSPS) is 11.1. The standard InChI is InChI=1S/C28H28N4O4/c1-17-18(2)32(14-13-19-11-12-22(34-3)24(16-19)35-4)27(31-28(33)23-10-7-15-36-23)25(17)26-29-20-8-5-6-9-21(20)30-26/h5-12,15-16H,13-14H2,1-4H3,(H,29,30)(H,31,33). The fraction of sp³-hybridized carbons (Fsp3) is 0.214. The number of nitrogens with one attached hydrogen (secondary N) is 2. The molecule has 5 aromatic rings. The largest absolute Gasteiger partial charge is 0.493 e. The summed E-state index contributed by atoms with van der Waals surface area (Å²) in [6.45, 7) is 4.74. The van der Waals surface area contributed by atoms with Gasteiger partial charge in [-0.3, -0.25) is 4.79 Å². The van der Waals surface area contributed by atoms with Crippen LogP contribution in [0.15, 0.2) is 65.3 Å². The fourth-order valence-corrected chi connectivity index (χ4v) is 4.49. The van der Waals surface area contributed by atoms with Gasteiger partial charge in [0.25, 0.3) is 5.91 Å². The number of para-hydroxylation sites is 2. The first-order chi connectivity index (χ1) is 17.5. The van der Waals surface area contributed by atoms with Crippen molar-refractivity contribution in [3.05, 3.63) is 83.4 Å². The zero-order valence-corrected chi connectivity index (χ0v) is 20.7. The summed E-state index contributed by atoms with van der Waals surface area (Å²) in [5.74, 6) is 2.68. The van der Waals surface area contributed by atoms with Gasteiger partial charge in [-0.2, -0.15) is 0 Å². The highest BCUT2D eigenvalue weighted by Crippen LogP contribution is 2.36. The summed E-state index contributed by atoms with van der Waals surface area (Å²) in [6.07, 6.45) is 2.21. The van der Waals surface area contributed by atoms with Crippen molar-refractivity contribution in [2.24, 2.45) is 0 Å². The maximum Gasteiger partial charge on any atom is 0.292 e. The summed E-state index contributed by atoms with van der Waals surface area (Å²) in [7, 11) is 3.25. The van der Waals surface area contributed by atoms with Gasteiger partial charge in [-0.15, -0.1) is 0 Å². The lowest BCUT2D eigenvalue weighted by molar-refractivity contribution is 0.0996. The van der Waals surface area contributed by atoms with E-state index in [2.05, 4.69) is 21.8 Å². The predicted molar refractivity (Wildman–Crippen MR) is 139 cm³/mol. The van der Waals surface area contributed by atoms with E-state index in [0.717, 1.165) is 39.8 Å². The Morgan fingerprint density at radius 3 is 2.58 bits per heavy atom. The van der Waals surface area contributed by atoms with E-state index in [1.54, 1.807) is 26.4 Å². The molecule has 2 aromatic carbocycles. The summed E-state index contributed by atoms with van der Waals surface area (Å²) in [5, 5.41) is 3.09. The van der Waals surface area contributed by atoms with Crippen LogP contribution in [0.25, 0.3) is 22.4 Å². The number of amides is 1. The lowest BCUT2D eigenvalue weighted by Gasteiger charge is -2.14. The number of furan rings is 1. The Morgan fingerprint density at radius 2 is 1.86 bits per heavy atom. The molecular formula is C28H28N4O4. The number of imidazole rings is 1. The first kappa shape index (κ1) is 23.3. The van der Waals surface area contributed by atoms with Crippen LogP contribution in [-0.2, 0) is 13.0 Å². The molecule has 36 heavy (non-hydrogen) atoms. The third-order valence-electron chi connectivity index (χ3n) is 6.50. The minimum Gasteiger partial charge on any atom is -0.493 e. The topological polar surface area (TPSA) is 94.3 Å². The summed E-state index contributed by atoms with van der Waals surface area (Å²) in [5.41, 5.74) is 5.83. The van der Waals surface area contributed by atoms with E-state index < -0.39 is 0 Å². The highest BCUT2D eigenvalue weighted by atomic mass is 16.5. The van der Waals surface area contributed by atoms with E-state index in [1.807, 2.05) is 49.4 Å². The van der Waals surface area contributed by atoms with Crippen LogP contribution in [0.3, 0.4) is 0 Å². The van der Waals surface area contributed by atoms with Crippen LogP contribution in [0.1, 0.15) is 27.4 Å². The predicted octanol–water partition coefficient (Wildman–Crippen LogP) is 5.75. The molecule has 0 unspecified atom stereocenters. The molecule has 0 atom stereocenters. The Balaban J connectivity index is 1.56. The first-order valence-corrected chi connectivity index (χ1v) is 11.7. The van der Waals surface area contributed by atoms with Gasteiger partial charge in [-0.05, 0) is 67.8 Å². The van der Waals surface area contributed by atoms with Crippen LogP contribution in [0.5, 0.6) is 11.5 Å². The van der Waals surface area contributed by atoms with E-state index >= 15 is 0 Å². The second-order valence-electron chi connectivity index (χ2n) is 8.56. The van der Waals surface area contributed by atoms with E-state index in [9.17, 15) is 4.79 Å². The molecule has 0 aliphatic rings. The molecule has 0 aliphatic heterocycles. The van der Waals surface area contributed by atoms with Crippen molar-refractivity contribution in [1.29, 1.82) is 0 Å². The van der Waals surface area contributed by atoms with E-state index in [4.69, 9.17) is 18.9 Å². The highest BCUT2D eigenvalue weighted by molar-refractivity contribution is 6.04. The molecule has 0 spiro atoms. The number of aromatic amines is 1. The number of anilines is 1. The number of aromatic nitrogens is 3. The number of carbonyl (C=O) groups excluding carboxylic acids is 1. The molecule has 1 amide bonds. The van der Waals surface area contributed by atoms with Gasteiger partial charge in [0.05, 0.1) is 37.1 Å². The molecule has 0 saturated carbocycles. The molecule has 0 radical (unpaired) electrons. The lowest BCUT2D eigenvalue weighted by Crippen LogP contribution is -2.16. The van der Waals surface area contributed by atoms with Crippen LogP contribution in [0.4, 0.5) is 5.82 Å². The number of hydrogen-bond acceptors (Lipinski definition) is 5. The molecule has 0 bridgehead atoms. The Labute approximate surface area is 208 Å². The number of ether oxygens (including phenoxy) is 2. The maximum atomic E-state index is 13.1. The molecule has 8 nitrogen and oxygen atoms in total. The van der Waals surface area contributed by atoms with Gasteiger partial charge in [0.1, 0.15) is 11.6 Å². The van der Waals surface area contributed by atoms with Crippen LogP contribution in [0.2, 0.25) is 0 Å². The van der Waals surface area contributed by atoms with Gasteiger partial charge in [-0.25, -0.2) is 4.98 Å². The van der Waals surface area contributed by atoms with Crippen molar-refractivity contribution >= 4 is 22.8 Å². The number of hydrogen-bond donors (Lipinski definition) is 2. The Hall–Kier alpha value is -4.46. The molecular weight excluding hydrogens is 456 g/mol. The minimum atomic E-state index is -0.317. The van der Waals surface area contributed by atoms with Crippen LogP contribution < -0.4 is 14.8 Å². The zero-order chi connectivity index (χ0) is 25.2. The van der Waals surface area contributed by atoms with Crippen molar-refractivity contribution in [3.63, 3.8) is 0 Å². The van der Waals surface area contributed by atoms with Gasteiger partial charge < -0.3 is 28.8 Å². The highest BCUT2D eigenvalue weighted by Gasteiger charge is 2.24. The summed E-state index contributed by atoms with van der Waals surface area (Å²) < 4.78 is 18.3. The molecule has 2 N–H and O–H groups in total. The SMILES string of the molecule is COc1ccc(CCn2c(C)c(C)c(-c3nc4ccccc4[nH]3)c2NC(=O)c2ccco2)cc1OC. The lowest BCUT2D eigenvalue weighted by atomic mass is 10.1. The number of rotatable bonds is 8. The summed E-state index contributed by atoms with van der Waals surface area (Å²) >= 11 is 0. The minimum absolute atomic E-state index is 0.244. The Kier molecular flexibility index (Phi) is 6.25. The molecule has 0 saturated heterocycles. The number of benzene rings is 2. The maximum absolute atomic E-state index is 13.1. The van der Waals surface area contributed by atoms with Gasteiger partial charge in [0, 0.05) is 12.2 Å². The first-order valence-electron chi connectivity index (χ1n) is 11.7. The van der Waals surface area contributed by atoms with Gasteiger partial charge >= 0.3 is 0 Å². The average molecular weight is 485 g/mol. The van der Waals surface area contributed by atoms with Gasteiger partial charge in [-0.1, -0.05) is 18.2 Å².